The van der Waals surface area contributed by atoms with Crippen molar-refractivity contribution < 1.29 is 19.4 Å². The van der Waals surface area contributed by atoms with Gasteiger partial charge in [0.2, 0.25) is 0 Å². The van der Waals surface area contributed by atoms with E-state index in [9.17, 15) is 14.7 Å². The van der Waals surface area contributed by atoms with Crippen molar-refractivity contribution in [1.82, 2.24) is 4.90 Å². The van der Waals surface area contributed by atoms with Crippen LogP contribution in [-0.2, 0) is 22.6 Å². The van der Waals surface area contributed by atoms with Gasteiger partial charge in [-0.3, -0.25) is 9.59 Å². The molecule has 2 atom stereocenters. The molecule has 2 aliphatic heterocycles. The van der Waals surface area contributed by atoms with Crippen molar-refractivity contribution in [3.05, 3.63) is 93.2 Å². The Balaban J connectivity index is 1.60. The number of aliphatic hydroxyl groups is 1. The summed E-state index contributed by atoms with van der Waals surface area (Å²) >= 11 is 1.46. The summed E-state index contributed by atoms with van der Waals surface area (Å²) in [6.45, 7) is 2.28. The second kappa shape index (κ2) is 7.71. The number of nitrogens with zero attached hydrogens (tertiary/aromatic N) is 1. The minimum Gasteiger partial charge on any atom is -0.507 e. The third-order valence-electron chi connectivity index (χ3n) is 5.72. The number of hydrogen-bond acceptors (Lipinski definition) is 5. The van der Waals surface area contributed by atoms with E-state index in [2.05, 4.69) is 0 Å². The third kappa shape index (κ3) is 3.43. The molecule has 3 heterocycles. The largest absolute Gasteiger partial charge is 0.507 e. The van der Waals surface area contributed by atoms with Gasteiger partial charge in [0.1, 0.15) is 17.6 Å². The predicted octanol–water partition coefficient (Wildman–Crippen LogP) is 4.69. The van der Waals surface area contributed by atoms with Crippen molar-refractivity contribution in [1.29, 1.82) is 0 Å². The van der Waals surface area contributed by atoms with Crippen LogP contribution in [0.2, 0.25) is 0 Å². The molecule has 31 heavy (non-hydrogen) atoms. The van der Waals surface area contributed by atoms with E-state index in [-0.39, 0.29) is 17.4 Å². The summed E-state index contributed by atoms with van der Waals surface area (Å²) < 4.78 is 5.74. The predicted molar refractivity (Wildman–Crippen MR) is 119 cm³/mol. The van der Waals surface area contributed by atoms with E-state index in [1.165, 1.54) is 11.3 Å². The van der Waals surface area contributed by atoms with E-state index < -0.39 is 17.7 Å². The number of ether oxygens (including phenoxy) is 1. The highest BCUT2D eigenvalue weighted by molar-refractivity contribution is 7.10. The van der Waals surface area contributed by atoms with Crippen molar-refractivity contribution in [2.75, 3.05) is 0 Å². The van der Waals surface area contributed by atoms with Gasteiger partial charge in [0.25, 0.3) is 11.7 Å². The van der Waals surface area contributed by atoms with E-state index >= 15 is 0 Å². The van der Waals surface area contributed by atoms with E-state index in [4.69, 9.17) is 4.74 Å². The van der Waals surface area contributed by atoms with Gasteiger partial charge in [0.15, 0.2) is 0 Å². The van der Waals surface area contributed by atoms with Gasteiger partial charge in [-0.1, -0.05) is 36.4 Å². The molecule has 1 fully saturated rings. The highest BCUT2D eigenvalue weighted by atomic mass is 32.1. The van der Waals surface area contributed by atoms with Crippen LogP contribution >= 0.6 is 11.3 Å². The molecule has 5 rings (SSSR count). The topological polar surface area (TPSA) is 66.8 Å². The lowest BCUT2D eigenvalue weighted by molar-refractivity contribution is -0.140. The first-order chi connectivity index (χ1) is 15.0. The molecular formula is C25H21NO4S. The Morgan fingerprint density at radius 1 is 1.13 bits per heavy atom. The highest BCUT2D eigenvalue weighted by Crippen LogP contribution is 2.42. The number of aliphatic hydroxyl groups excluding tert-OH is 1. The molecule has 0 aliphatic carbocycles. The number of thiophene rings is 1. The number of benzene rings is 2. The van der Waals surface area contributed by atoms with Crippen LogP contribution in [0.5, 0.6) is 5.75 Å². The van der Waals surface area contributed by atoms with Crippen LogP contribution in [0.3, 0.4) is 0 Å². The second-order valence-electron chi connectivity index (χ2n) is 7.88. The first-order valence-electron chi connectivity index (χ1n) is 10.2. The van der Waals surface area contributed by atoms with E-state index in [0.717, 1.165) is 28.2 Å². The van der Waals surface area contributed by atoms with Gasteiger partial charge in [-0.15, -0.1) is 11.3 Å². The zero-order chi connectivity index (χ0) is 21.5. The van der Waals surface area contributed by atoms with Crippen LogP contribution in [0, 0.1) is 0 Å². The molecule has 1 N–H and O–H groups in total. The van der Waals surface area contributed by atoms with Gasteiger partial charge < -0.3 is 14.7 Å². The normalized spacial score (nSPS) is 21.9. The second-order valence-corrected chi connectivity index (χ2v) is 8.86. The maximum atomic E-state index is 13.1. The van der Waals surface area contributed by atoms with Crippen molar-refractivity contribution in [3.63, 3.8) is 0 Å². The number of likely N-dealkylation sites (tertiary alicyclic amines) is 1. The molecule has 6 heteroatoms. The average molecular weight is 432 g/mol. The SMILES string of the molecule is C[C@H]1Cc2cc(/C(O)=C3\C(=O)C(=O)N(Cc4ccccc4)[C@H]3c3cccs3)ccc2O1. The smallest absolute Gasteiger partial charge is 0.295 e. The van der Waals surface area contributed by atoms with E-state index in [0.29, 0.717) is 12.1 Å². The Labute approximate surface area is 184 Å². The van der Waals surface area contributed by atoms with Crippen molar-refractivity contribution >= 4 is 28.8 Å². The number of carbonyl (C=O) groups is 2. The lowest BCUT2D eigenvalue weighted by Crippen LogP contribution is -2.28. The highest BCUT2D eigenvalue weighted by Gasteiger charge is 2.46. The fourth-order valence-corrected chi connectivity index (χ4v) is 5.14. The summed E-state index contributed by atoms with van der Waals surface area (Å²) in [5.74, 6) is -0.600. The summed E-state index contributed by atoms with van der Waals surface area (Å²) in [6, 6.07) is 18.1. The zero-order valence-electron chi connectivity index (χ0n) is 16.9. The number of hydrogen-bond donors (Lipinski definition) is 1. The Morgan fingerprint density at radius 3 is 2.68 bits per heavy atom. The van der Waals surface area contributed by atoms with Crippen molar-refractivity contribution in [2.45, 2.75) is 32.0 Å². The molecule has 0 unspecified atom stereocenters. The fraction of sp³-hybridized carbons (Fsp3) is 0.200. The number of carbonyl (C=O) groups excluding carboxylic acids is 2. The number of fused-ring (bicyclic) bond motifs is 1. The molecule has 0 radical (unpaired) electrons. The van der Waals surface area contributed by atoms with Gasteiger partial charge in [0.05, 0.1) is 11.6 Å². The summed E-state index contributed by atoms with van der Waals surface area (Å²) in [6.07, 6.45) is 0.822. The maximum Gasteiger partial charge on any atom is 0.295 e. The Kier molecular flexibility index (Phi) is 4.87. The number of rotatable bonds is 4. The maximum absolute atomic E-state index is 13.1. The number of ketones is 1. The molecule has 0 spiro atoms. The number of amides is 1. The fourth-order valence-electron chi connectivity index (χ4n) is 4.29. The van der Waals surface area contributed by atoms with Gasteiger partial charge in [-0.2, -0.15) is 0 Å². The van der Waals surface area contributed by atoms with E-state index in [1.807, 2.05) is 66.9 Å². The van der Waals surface area contributed by atoms with Crippen molar-refractivity contribution in [3.8, 4) is 5.75 Å². The molecule has 156 valence electrons. The molecule has 5 nitrogen and oxygen atoms in total. The molecule has 1 aromatic heterocycles. The van der Waals surface area contributed by atoms with Crippen LogP contribution in [0.4, 0.5) is 0 Å². The summed E-state index contributed by atoms with van der Waals surface area (Å²) in [5, 5.41) is 13.1. The van der Waals surface area contributed by atoms with E-state index in [1.54, 1.807) is 11.0 Å². The van der Waals surface area contributed by atoms with Crippen LogP contribution < -0.4 is 4.74 Å². The van der Waals surface area contributed by atoms with Gasteiger partial charge in [-0.25, -0.2) is 0 Å². The Morgan fingerprint density at radius 2 is 1.94 bits per heavy atom. The minimum atomic E-state index is -0.656. The Hall–Kier alpha value is -3.38. The van der Waals surface area contributed by atoms with Crippen LogP contribution in [0.25, 0.3) is 5.76 Å². The van der Waals surface area contributed by atoms with Gasteiger partial charge in [-0.05, 0) is 47.7 Å². The molecule has 1 saturated heterocycles. The quantitative estimate of drug-likeness (QED) is 0.370. The molecule has 3 aromatic rings. The van der Waals surface area contributed by atoms with Gasteiger partial charge >= 0.3 is 0 Å². The monoisotopic (exact) mass is 431 g/mol. The standard InChI is InChI=1S/C25H21NO4S/c1-15-12-18-13-17(9-10-19(18)30-15)23(27)21-22(20-8-5-11-31-20)26(25(29)24(21)28)14-16-6-3-2-4-7-16/h2-11,13,15,22,27H,12,14H2,1H3/b23-21+/t15-,22-/m0/s1. The Bertz CT molecular complexity index is 1180. The lowest BCUT2D eigenvalue weighted by Gasteiger charge is -2.24. The van der Waals surface area contributed by atoms with Crippen LogP contribution in [0.1, 0.15) is 34.5 Å². The zero-order valence-corrected chi connectivity index (χ0v) is 17.8. The molecule has 2 aliphatic rings. The minimum absolute atomic E-state index is 0.0787. The average Bonchev–Trinajstić information content (AvgIpc) is 3.48. The lowest BCUT2D eigenvalue weighted by atomic mass is 9.98. The third-order valence-corrected chi connectivity index (χ3v) is 6.64. The van der Waals surface area contributed by atoms with Crippen LogP contribution in [-0.4, -0.2) is 27.8 Å². The molecular weight excluding hydrogens is 410 g/mol. The summed E-state index contributed by atoms with van der Waals surface area (Å²) in [4.78, 5) is 28.5. The van der Waals surface area contributed by atoms with Crippen molar-refractivity contribution in [2.24, 2.45) is 0 Å². The molecule has 0 saturated carbocycles. The summed E-state index contributed by atoms with van der Waals surface area (Å²) in [5.41, 5.74) is 2.57. The first kappa shape index (κ1) is 19.6. The first-order valence-corrected chi connectivity index (χ1v) is 11.1. The molecule has 2 aromatic carbocycles. The van der Waals surface area contributed by atoms with Crippen LogP contribution in [0.15, 0.2) is 71.6 Å². The molecule has 0 bridgehead atoms. The summed E-state index contributed by atoms with van der Waals surface area (Å²) in [7, 11) is 0. The van der Waals surface area contributed by atoms with Gasteiger partial charge in [0, 0.05) is 23.4 Å². The molecule has 1 amide bonds. The number of Topliss-reactive ketones (excluding diaryl/α,β-unsaturated/α-hetero) is 1.